The van der Waals surface area contributed by atoms with Crippen molar-refractivity contribution >= 4 is 17.7 Å². The third-order valence-electron chi connectivity index (χ3n) is 4.05. The average Bonchev–Trinajstić information content (AvgIpc) is 3.15. The molecule has 0 aliphatic rings. The summed E-state index contributed by atoms with van der Waals surface area (Å²) in [6, 6.07) is 13.5. The summed E-state index contributed by atoms with van der Waals surface area (Å²) in [7, 11) is 4.56. The molecule has 3 rings (SSSR count). The summed E-state index contributed by atoms with van der Waals surface area (Å²) in [4.78, 5) is 11.6. The Balaban J connectivity index is 2.14. The van der Waals surface area contributed by atoms with E-state index in [-0.39, 0.29) is 11.7 Å². The number of ether oxygens (including phenoxy) is 3. The maximum Gasteiger partial charge on any atom is 0.316 e. The number of hydrogen-bond acceptors (Lipinski definition) is 7. The van der Waals surface area contributed by atoms with Crippen LogP contribution in [0.4, 0.5) is 0 Å². The maximum atomic E-state index is 11.6. The molecule has 7 nitrogen and oxygen atoms in total. The molecule has 0 aliphatic heterocycles. The van der Waals surface area contributed by atoms with E-state index in [1.54, 1.807) is 20.3 Å². The van der Waals surface area contributed by atoms with Crippen molar-refractivity contribution in [1.82, 2.24) is 14.8 Å². The average molecular weight is 399 g/mol. The predicted molar refractivity (Wildman–Crippen MR) is 107 cm³/mol. The van der Waals surface area contributed by atoms with Gasteiger partial charge in [-0.15, -0.1) is 10.2 Å². The van der Waals surface area contributed by atoms with Crippen LogP contribution in [0, 0.1) is 6.92 Å². The van der Waals surface area contributed by atoms with Gasteiger partial charge in [0.15, 0.2) is 11.0 Å². The van der Waals surface area contributed by atoms with Crippen molar-refractivity contribution in [2.24, 2.45) is 0 Å². The van der Waals surface area contributed by atoms with E-state index in [4.69, 9.17) is 14.2 Å². The molecule has 0 amide bonds. The standard InChI is InChI=1S/C20H21N3O4S/c1-13-6-5-7-15(8-13)23-19(21-22-20(23)28-12-18(24)27-4)14-9-16(25-2)11-17(10-14)26-3/h5-11H,12H2,1-4H3. The van der Waals surface area contributed by atoms with Crippen molar-refractivity contribution in [3.8, 4) is 28.6 Å². The van der Waals surface area contributed by atoms with Crippen LogP contribution in [-0.4, -0.2) is 47.8 Å². The summed E-state index contributed by atoms with van der Waals surface area (Å²) in [5, 5.41) is 9.27. The fourth-order valence-electron chi connectivity index (χ4n) is 2.67. The molecule has 0 radical (unpaired) electrons. The third kappa shape index (κ3) is 4.28. The number of carbonyl (C=O) groups is 1. The van der Waals surface area contributed by atoms with Crippen LogP contribution >= 0.6 is 11.8 Å². The monoisotopic (exact) mass is 399 g/mol. The molecule has 0 saturated heterocycles. The van der Waals surface area contributed by atoms with Gasteiger partial charge in [-0.1, -0.05) is 23.9 Å². The van der Waals surface area contributed by atoms with Gasteiger partial charge in [0, 0.05) is 17.3 Å². The van der Waals surface area contributed by atoms with Crippen molar-refractivity contribution in [2.75, 3.05) is 27.1 Å². The first-order valence-corrected chi connectivity index (χ1v) is 9.49. The van der Waals surface area contributed by atoms with Crippen molar-refractivity contribution in [3.63, 3.8) is 0 Å². The lowest BCUT2D eigenvalue weighted by molar-refractivity contribution is -0.137. The van der Waals surface area contributed by atoms with E-state index in [1.807, 2.05) is 47.9 Å². The Kier molecular flexibility index (Phi) is 6.20. The molecule has 1 heterocycles. The summed E-state index contributed by atoms with van der Waals surface area (Å²) in [6.45, 7) is 2.02. The second-order valence-corrected chi connectivity index (χ2v) is 6.89. The molecule has 146 valence electrons. The van der Waals surface area contributed by atoms with Crippen LogP contribution in [0.2, 0.25) is 0 Å². The van der Waals surface area contributed by atoms with Gasteiger partial charge in [0.1, 0.15) is 11.5 Å². The fraction of sp³-hybridized carbons (Fsp3) is 0.250. The molecule has 8 heteroatoms. The minimum atomic E-state index is -0.326. The lowest BCUT2D eigenvalue weighted by Crippen LogP contribution is -2.06. The summed E-state index contributed by atoms with van der Waals surface area (Å²) < 4.78 is 17.4. The molecule has 2 aromatic carbocycles. The molecular formula is C20H21N3O4S. The Morgan fingerprint density at radius 3 is 2.36 bits per heavy atom. The van der Waals surface area contributed by atoms with E-state index < -0.39 is 0 Å². The largest absolute Gasteiger partial charge is 0.497 e. The molecule has 0 saturated carbocycles. The molecule has 0 N–H and O–H groups in total. The fourth-order valence-corrected chi connectivity index (χ4v) is 3.45. The van der Waals surface area contributed by atoms with E-state index in [1.165, 1.54) is 18.9 Å². The number of aromatic nitrogens is 3. The van der Waals surface area contributed by atoms with Gasteiger partial charge in [0.2, 0.25) is 0 Å². The normalized spacial score (nSPS) is 10.6. The van der Waals surface area contributed by atoms with E-state index in [9.17, 15) is 4.79 Å². The number of aryl methyl sites for hydroxylation is 1. The number of hydrogen-bond donors (Lipinski definition) is 0. The number of benzene rings is 2. The van der Waals surface area contributed by atoms with Gasteiger partial charge in [-0.05, 0) is 36.8 Å². The first-order valence-electron chi connectivity index (χ1n) is 8.51. The van der Waals surface area contributed by atoms with E-state index >= 15 is 0 Å². The van der Waals surface area contributed by atoms with Crippen molar-refractivity contribution in [1.29, 1.82) is 0 Å². The number of thioether (sulfide) groups is 1. The molecule has 0 atom stereocenters. The highest BCUT2D eigenvalue weighted by Gasteiger charge is 2.19. The molecule has 0 aliphatic carbocycles. The summed E-state index contributed by atoms with van der Waals surface area (Å²) in [5.74, 6) is 1.74. The quantitative estimate of drug-likeness (QED) is 0.444. The van der Waals surface area contributed by atoms with Crippen LogP contribution in [0.15, 0.2) is 47.6 Å². The molecule has 0 bridgehead atoms. The SMILES string of the molecule is COC(=O)CSc1nnc(-c2cc(OC)cc(OC)c2)n1-c1cccc(C)c1. The first kappa shape index (κ1) is 19.8. The van der Waals surface area contributed by atoms with Crippen LogP contribution < -0.4 is 9.47 Å². The second kappa shape index (κ2) is 8.79. The lowest BCUT2D eigenvalue weighted by Gasteiger charge is -2.12. The van der Waals surface area contributed by atoms with Gasteiger partial charge >= 0.3 is 5.97 Å². The van der Waals surface area contributed by atoms with Crippen molar-refractivity contribution in [2.45, 2.75) is 12.1 Å². The zero-order valence-corrected chi connectivity index (χ0v) is 16.9. The van der Waals surface area contributed by atoms with Crippen molar-refractivity contribution < 1.29 is 19.0 Å². The van der Waals surface area contributed by atoms with Gasteiger partial charge in [0.25, 0.3) is 0 Å². The lowest BCUT2D eigenvalue weighted by atomic mass is 10.1. The number of rotatable bonds is 7. The Hall–Kier alpha value is -3.00. The molecule has 1 aromatic heterocycles. The van der Waals surface area contributed by atoms with Gasteiger partial charge in [-0.2, -0.15) is 0 Å². The Morgan fingerprint density at radius 1 is 1.04 bits per heavy atom. The molecule has 0 unspecified atom stereocenters. The number of esters is 1. The number of methoxy groups -OCH3 is 3. The zero-order chi connectivity index (χ0) is 20.1. The molecule has 0 spiro atoms. The number of nitrogens with zero attached hydrogens (tertiary/aromatic N) is 3. The van der Waals surface area contributed by atoms with Crippen LogP contribution in [0.25, 0.3) is 17.1 Å². The van der Waals surface area contributed by atoms with Gasteiger partial charge < -0.3 is 14.2 Å². The van der Waals surface area contributed by atoms with E-state index in [2.05, 4.69) is 10.2 Å². The summed E-state index contributed by atoms with van der Waals surface area (Å²) >= 11 is 1.27. The predicted octanol–water partition coefficient (Wildman–Crippen LogP) is 3.53. The van der Waals surface area contributed by atoms with Gasteiger partial charge in [-0.3, -0.25) is 9.36 Å². The highest BCUT2D eigenvalue weighted by Crippen LogP contribution is 2.33. The molecule has 28 heavy (non-hydrogen) atoms. The van der Waals surface area contributed by atoms with E-state index in [0.717, 1.165) is 16.8 Å². The molecule has 3 aromatic rings. The smallest absolute Gasteiger partial charge is 0.316 e. The van der Waals surface area contributed by atoms with Crippen LogP contribution in [0.3, 0.4) is 0 Å². The minimum Gasteiger partial charge on any atom is -0.497 e. The molecular weight excluding hydrogens is 378 g/mol. The zero-order valence-electron chi connectivity index (χ0n) is 16.1. The second-order valence-electron chi connectivity index (χ2n) is 5.95. The summed E-state index contributed by atoms with van der Waals surface area (Å²) in [5.41, 5.74) is 2.79. The Morgan fingerprint density at radius 2 is 1.75 bits per heavy atom. The highest BCUT2D eigenvalue weighted by molar-refractivity contribution is 7.99. The first-order chi connectivity index (χ1) is 13.5. The third-order valence-corrected chi connectivity index (χ3v) is 4.95. The molecule has 0 fully saturated rings. The topological polar surface area (TPSA) is 75.5 Å². The highest BCUT2D eigenvalue weighted by atomic mass is 32.2. The minimum absolute atomic E-state index is 0.141. The number of carbonyl (C=O) groups excluding carboxylic acids is 1. The summed E-state index contributed by atoms with van der Waals surface area (Å²) in [6.07, 6.45) is 0. The Bertz CT molecular complexity index is 965. The van der Waals surface area contributed by atoms with Crippen LogP contribution in [0.1, 0.15) is 5.56 Å². The maximum absolute atomic E-state index is 11.6. The van der Waals surface area contributed by atoms with Crippen molar-refractivity contribution in [3.05, 3.63) is 48.0 Å². The van der Waals surface area contributed by atoms with Gasteiger partial charge in [-0.25, -0.2) is 0 Å². The van der Waals surface area contributed by atoms with E-state index in [0.29, 0.717) is 22.5 Å². The van der Waals surface area contributed by atoms with Gasteiger partial charge in [0.05, 0.1) is 27.1 Å². The Labute approximate surface area is 167 Å². The van der Waals surface area contributed by atoms with Crippen LogP contribution in [0.5, 0.6) is 11.5 Å². The van der Waals surface area contributed by atoms with Crippen LogP contribution in [-0.2, 0) is 9.53 Å².